The number of nitrogens with one attached hydrogen (secondary N) is 4. The van der Waals surface area contributed by atoms with Crippen molar-refractivity contribution in [3.8, 4) is 11.8 Å². The summed E-state index contributed by atoms with van der Waals surface area (Å²) in [5, 5.41) is 15.5. The van der Waals surface area contributed by atoms with E-state index in [9.17, 15) is 0 Å². The number of nitriles is 1. The highest BCUT2D eigenvalue weighted by Gasteiger charge is 2.28. The van der Waals surface area contributed by atoms with E-state index in [-0.39, 0.29) is 12.2 Å². The van der Waals surface area contributed by atoms with Crippen LogP contribution < -0.4 is 26.2 Å². The van der Waals surface area contributed by atoms with Crippen LogP contribution in [0.4, 0.5) is 5.82 Å². The molecule has 3 heterocycles. The predicted octanol–water partition coefficient (Wildman–Crippen LogP) is 1.80. The molecule has 1 aromatic carbocycles. The molecular formula is C20H25N7O. The Morgan fingerprint density at radius 2 is 2.04 bits per heavy atom. The van der Waals surface area contributed by atoms with Gasteiger partial charge < -0.3 is 15.4 Å². The summed E-state index contributed by atoms with van der Waals surface area (Å²) in [6.45, 7) is 2.16. The quantitative estimate of drug-likeness (QED) is 0.623. The van der Waals surface area contributed by atoms with E-state index in [1.54, 1.807) is 13.3 Å². The summed E-state index contributed by atoms with van der Waals surface area (Å²) in [6, 6.07) is 8.71. The number of hydrogen-bond acceptors (Lipinski definition) is 8. The molecule has 2 atom stereocenters. The normalized spacial score (nSPS) is 22.6. The molecule has 146 valence electrons. The summed E-state index contributed by atoms with van der Waals surface area (Å²) in [4.78, 5) is 8.25. The van der Waals surface area contributed by atoms with Crippen LogP contribution in [0.1, 0.15) is 48.0 Å². The zero-order chi connectivity index (χ0) is 19.3. The number of methoxy groups -OCH3 is 1. The Kier molecular flexibility index (Phi) is 5.67. The number of ether oxygens (including phenoxy) is 1. The minimum atomic E-state index is 0.000960. The average Bonchev–Trinajstić information content (AvgIpc) is 3.22. The minimum Gasteiger partial charge on any atom is -0.496 e. The van der Waals surface area contributed by atoms with Crippen LogP contribution in [0.25, 0.3) is 0 Å². The van der Waals surface area contributed by atoms with Gasteiger partial charge in [0.05, 0.1) is 31.7 Å². The molecule has 1 aromatic heterocycles. The fourth-order valence-corrected chi connectivity index (χ4v) is 3.92. The molecule has 0 amide bonds. The van der Waals surface area contributed by atoms with Crippen molar-refractivity contribution in [1.82, 2.24) is 26.1 Å². The summed E-state index contributed by atoms with van der Waals surface area (Å²) >= 11 is 0. The third kappa shape index (κ3) is 4.07. The Labute approximate surface area is 164 Å². The standard InChI is InChI=1S/C20H25N7O/c1-28-18-8-14(13-4-6-22-7-5-13)2-3-16(18)17-9-19(27-26-17)25-20-12-23-15(10-21)11-24-20/h2-3,8,11-13,17,19,22,26-27H,4-7,9H2,1H3,(H,24,25). The number of benzene rings is 1. The summed E-state index contributed by atoms with van der Waals surface area (Å²) in [5.74, 6) is 2.16. The van der Waals surface area contributed by atoms with Gasteiger partial charge in [0.1, 0.15) is 17.6 Å². The van der Waals surface area contributed by atoms with Gasteiger partial charge in [-0.25, -0.2) is 20.8 Å². The lowest BCUT2D eigenvalue weighted by Crippen LogP contribution is -2.36. The molecule has 2 aliphatic heterocycles. The Hall–Kier alpha value is -2.73. The largest absolute Gasteiger partial charge is 0.496 e. The molecule has 2 saturated heterocycles. The predicted molar refractivity (Wildman–Crippen MR) is 106 cm³/mol. The van der Waals surface area contributed by atoms with Crippen molar-refractivity contribution in [3.05, 3.63) is 47.4 Å². The number of anilines is 1. The summed E-state index contributed by atoms with van der Waals surface area (Å²) in [5.41, 5.74) is 9.39. The molecule has 0 radical (unpaired) electrons. The fraction of sp³-hybridized carbons (Fsp3) is 0.450. The Bertz CT molecular complexity index is 843. The van der Waals surface area contributed by atoms with Crippen molar-refractivity contribution in [2.75, 3.05) is 25.5 Å². The molecule has 2 aliphatic rings. The Morgan fingerprint density at radius 3 is 2.75 bits per heavy atom. The highest BCUT2D eigenvalue weighted by atomic mass is 16.5. The molecule has 2 aromatic rings. The van der Waals surface area contributed by atoms with Gasteiger partial charge in [-0.2, -0.15) is 5.26 Å². The first-order valence-corrected chi connectivity index (χ1v) is 9.65. The molecule has 2 fully saturated rings. The third-order valence-corrected chi connectivity index (χ3v) is 5.44. The van der Waals surface area contributed by atoms with E-state index in [0.29, 0.717) is 17.4 Å². The van der Waals surface area contributed by atoms with Gasteiger partial charge in [0, 0.05) is 12.0 Å². The molecule has 0 aliphatic carbocycles. The second-order valence-electron chi connectivity index (χ2n) is 7.20. The number of hydrazine groups is 1. The number of nitrogens with zero attached hydrogens (tertiary/aromatic N) is 3. The zero-order valence-corrected chi connectivity index (χ0v) is 15.9. The van der Waals surface area contributed by atoms with Gasteiger partial charge in [0.15, 0.2) is 5.69 Å². The van der Waals surface area contributed by atoms with Gasteiger partial charge in [-0.3, -0.25) is 0 Å². The SMILES string of the molecule is COc1cc(C2CCNCC2)ccc1C1CC(Nc2cnc(C#N)cn2)NN1. The van der Waals surface area contributed by atoms with Gasteiger partial charge in [-0.05, 0) is 43.5 Å². The van der Waals surface area contributed by atoms with E-state index in [0.717, 1.165) is 30.8 Å². The first-order valence-electron chi connectivity index (χ1n) is 9.65. The van der Waals surface area contributed by atoms with E-state index in [1.807, 2.05) is 6.07 Å². The van der Waals surface area contributed by atoms with Gasteiger partial charge >= 0.3 is 0 Å². The van der Waals surface area contributed by atoms with Crippen molar-refractivity contribution < 1.29 is 4.74 Å². The van der Waals surface area contributed by atoms with E-state index >= 15 is 0 Å². The van der Waals surface area contributed by atoms with Gasteiger partial charge in [0.25, 0.3) is 0 Å². The van der Waals surface area contributed by atoms with Crippen molar-refractivity contribution in [1.29, 1.82) is 5.26 Å². The second kappa shape index (κ2) is 8.52. The summed E-state index contributed by atoms with van der Waals surface area (Å²) in [6.07, 6.45) is 6.20. The minimum absolute atomic E-state index is 0.000960. The summed E-state index contributed by atoms with van der Waals surface area (Å²) in [7, 11) is 1.73. The lowest BCUT2D eigenvalue weighted by Gasteiger charge is -2.24. The summed E-state index contributed by atoms with van der Waals surface area (Å²) < 4.78 is 5.71. The highest BCUT2D eigenvalue weighted by Crippen LogP contribution is 2.35. The molecule has 4 N–H and O–H groups in total. The van der Waals surface area contributed by atoms with Gasteiger partial charge in [-0.1, -0.05) is 12.1 Å². The van der Waals surface area contributed by atoms with Crippen LogP contribution in [0.5, 0.6) is 5.75 Å². The molecule has 0 saturated carbocycles. The van der Waals surface area contributed by atoms with Crippen LogP contribution in [-0.4, -0.2) is 36.3 Å². The van der Waals surface area contributed by atoms with Crippen LogP contribution >= 0.6 is 0 Å². The molecular weight excluding hydrogens is 354 g/mol. The van der Waals surface area contributed by atoms with Crippen molar-refractivity contribution >= 4 is 5.82 Å². The van der Waals surface area contributed by atoms with Crippen LogP contribution in [-0.2, 0) is 0 Å². The maximum atomic E-state index is 8.82. The average molecular weight is 379 g/mol. The van der Waals surface area contributed by atoms with Crippen LogP contribution in [0, 0.1) is 11.3 Å². The first-order chi connectivity index (χ1) is 13.8. The van der Waals surface area contributed by atoms with Gasteiger partial charge in [-0.15, -0.1) is 0 Å². The number of piperidine rings is 1. The fourth-order valence-electron chi connectivity index (χ4n) is 3.92. The van der Waals surface area contributed by atoms with Crippen LogP contribution in [0.3, 0.4) is 0 Å². The van der Waals surface area contributed by atoms with Crippen molar-refractivity contribution in [2.24, 2.45) is 0 Å². The second-order valence-corrected chi connectivity index (χ2v) is 7.20. The molecule has 0 bridgehead atoms. The molecule has 8 heteroatoms. The van der Waals surface area contributed by atoms with Crippen molar-refractivity contribution in [3.63, 3.8) is 0 Å². The Balaban J connectivity index is 1.43. The molecule has 4 rings (SSSR count). The van der Waals surface area contributed by atoms with E-state index in [4.69, 9.17) is 10.00 Å². The number of hydrogen-bond donors (Lipinski definition) is 4. The van der Waals surface area contributed by atoms with Gasteiger partial charge in [0.2, 0.25) is 0 Å². The highest BCUT2D eigenvalue weighted by molar-refractivity contribution is 5.42. The van der Waals surface area contributed by atoms with Crippen molar-refractivity contribution in [2.45, 2.75) is 37.4 Å². The smallest absolute Gasteiger partial charge is 0.158 e. The first kappa shape index (κ1) is 18.6. The topological polar surface area (TPSA) is 107 Å². The van der Waals surface area contributed by atoms with Crippen LogP contribution in [0.2, 0.25) is 0 Å². The van der Waals surface area contributed by atoms with E-state index < -0.39 is 0 Å². The van der Waals surface area contributed by atoms with Crippen LogP contribution in [0.15, 0.2) is 30.6 Å². The van der Waals surface area contributed by atoms with E-state index in [1.165, 1.54) is 24.6 Å². The molecule has 0 spiro atoms. The Morgan fingerprint density at radius 1 is 1.18 bits per heavy atom. The monoisotopic (exact) mass is 379 g/mol. The maximum Gasteiger partial charge on any atom is 0.158 e. The third-order valence-electron chi connectivity index (χ3n) is 5.44. The molecule has 28 heavy (non-hydrogen) atoms. The lowest BCUT2D eigenvalue weighted by atomic mass is 9.88. The lowest BCUT2D eigenvalue weighted by molar-refractivity contribution is 0.399. The number of rotatable bonds is 5. The zero-order valence-electron chi connectivity index (χ0n) is 15.9. The maximum absolute atomic E-state index is 8.82. The molecule has 2 unspecified atom stereocenters. The number of aromatic nitrogens is 2. The molecule has 8 nitrogen and oxygen atoms in total. The van der Waals surface area contributed by atoms with E-state index in [2.05, 4.69) is 49.7 Å².